The molecule has 18 heavy (non-hydrogen) atoms. The molecule has 0 bridgehead atoms. The SMILES string of the molecule is C=CC1=CC=C(c2ccc(OCC)c(F)c2F)[SeH2]1. The average Bonchev–Trinajstić information content (AvgIpc) is 2.84. The third-order valence-corrected chi connectivity index (χ3v) is 5.43. The van der Waals surface area contributed by atoms with Crippen molar-refractivity contribution in [2.24, 2.45) is 0 Å². The predicted octanol–water partition coefficient (Wildman–Crippen LogP) is 2.96. The van der Waals surface area contributed by atoms with Gasteiger partial charge in [0.2, 0.25) is 0 Å². The molecule has 1 aliphatic heterocycles. The normalized spacial score (nSPS) is 16.4. The molecule has 0 spiro atoms. The molecule has 0 aliphatic carbocycles. The Labute approximate surface area is 111 Å². The fourth-order valence-corrected chi connectivity index (χ4v) is 3.95. The van der Waals surface area contributed by atoms with Crippen LogP contribution in [-0.4, -0.2) is 21.6 Å². The molecule has 0 radical (unpaired) electrons. The molecule has 1 aromatic carbocycles. The van der Waals surface area contributed by atoms with Crippen molar-refractivity contribution in [3.63, 3.8) is 0 Å². The van der Waals surface area contributed by atoms with Crippen LogP contribution in [0, 0.1) is 11.6 Å². The van der Waals surface area contributed by atoms with Gasteiger partial charge in [-0.3, -0.25) is 0 Å². The Kier molecular flexibility index (Phi) is 4.00. The van der Waals surface area contributed by atoms with E-state index >= 15 is 0 Å². The molecule has 0 unspecified atom stereocenters. The summed E-state index contributed by atoms with van der Waals surface area (Å²) >= 11 is -0.601. The van der Waals surface area contributed by atoms with Crippen LogP contribution in [-0.2, 0) is 0 Å². The van der Waals surface area contributed by atoms with Gasteiger partial charge in [-0.1, -0.05) is 0 Å². The molecule has 0 saturated carbocycles. The first-order valence-electron chi connectivity index (χ1n) is 5.60. The van der Waals surface area contributed by atoms with E-state index in [1.54, 1.807) is 19.1 Å². The van der Waals surface area contributed by atoms with E-state index in [1.165, 1.54) is 6.07 Å². The third-order valence-electron chi connectivity index (χ3n) is 2.57. The number of benzene rings is 1. The Morgan fingerprint density at radius 1 is 1.28 bits per heavy atom. The summed E-state index contributed by atoms with van der Waals surface area (Å²) in [7, 11) is 0. The molecule has 0 saturated heterocycles. The Morgan fingerprint density at radius 2 is 2.06 bits per heavy atom. The Hall–Kier alpha value is -1.38. The summed E-state index contributed by atoms with van der Waals surface area (Å²) in [5, 5.41) is 0. The maximum atomic E-state index is 13.9. The van der Waals surface area contributed by atoms with Crippen LogP contribution in [0.4, 0.5) is 8.78 Å². The summed E-state index contributed by atoms with van der Waals surface area (Å²) in [6.45, 7) is 5.74. The van der Waals surface area contributed by atoms with Crippen LogP contribution in [0.15, 0.2) is 41.4 Å². The van der Waals surface area contributed by atoms with Crippen LogP contribution in [0.3, 0.4) is 0 Å². The molecule has 0 N–H and O–H groups in total. The van der Waals surface area contributed by atoms with Crippen molar-refractivity contribution >= 4 is 19.4 Å². The van der Waals surface area contributed by atoms with Crippen LogP contribution in [0.2, 0.25) is 0 Å². The molecule has 1 aliphatic rings. The Bertz CT molecular complexity index is 547. The number of allylic oxidation sites excluding steroid dienone is 4. The molecule has 96 valence electrons. The molecule has 0 fully saturated rings. The third kappa shape index (κ3) is 2.40. The van der Waals surface area contributed by atoms with Gasteiger partial charge in [0.25, 0.3) is 0 Å². The van der Waals surface area contributed by atoms with E-state index in [0.717, 1.165) is 8.94 Å². The maximum absolute atomic E-state index is 13.9. The van der Waals surface area contributed by atoms with Gasteiger partial charge in [0.15, 0.2) is 0 Å². The van der Waals surface area contributed by atoms with Gasteiger partial charge in [0.05, 0.1) is 0 Å². The van der Waals surface area contributed by atoms with Crippen LogP contribution in [0.5, 0.6) is 5.75 Å². The molecule has 1 heterocycles. The summed E-state index contributed by atoms with van der Waals surface area (Å²) < 4.78 is 34.7. The van der Waals surface area contributed by atoms with Gasteiger partial charge in [-0.05, 0) is 0 Å². The van der Waals surface area contributed by atoms with E-state index in [-0.39, 0.29) is 5.75 Å². The zero-order chi connectivity index (χ0) is 13.1. The van der Waals surface area contributed by atoms with Gasteiger partial charge in [-0.15, -0.1) is 0 Å². The summed E-state index contributed by atoms with van der Waals surface area (Å²) in [5.41, 5.74) is 0.337. The summed E-state index contributed by atoms with van der Waals surface area (Å²) in [6, 6.07) is 3.06. The second-order valence-electron chi connectivity index (χ2n) is 3.70. The molecule has 1 nitrogen and oxygen atoms in total. The van der Waals surface area contributed by atoms with Crippen molar-refractivity contribution in [3.05, 3.63) is 58.6 Å². The minimum atomic E-state index is -0.908. The Balaban J connectivity index is 2.32. The monoisotopic (exact) mass is 316 g/mol. The zero-order valence-electron chi connectivity index (χ0n) is 9.97. The van der Waals surface area contributed by atoms with E-state index in [2.05, 4.69) is 6.58 Å². The van der Waals surface area contributed by atoms with Crippen LogP contribution < -0.4 is 4.74 Å². The number of hydrogen-bond acceptors (Lipinski definition) is 1. The van der Waals surface area contributed by atoms with Gasteiger partial charge in [0, 0.05) is 0 Å². The quantitative estimate of drug-likeness (QED) is 0.776. The number of rotatable bonds is 4. The topological polar surface area (TPSA) is 9.23 Å². The van der Waals surface area contributed by atoms with Crippen LogP contribution >= 0.6 is 0 Å². The standard InChI is InChI=1S/C14H14F2OSe/c1-3-9-5-8-12(18-9)10-6-7-11(17-4-2)14(16)13(10)15/h3,5-8H,1,4,18H2,2H3. The Morgan fingerprint density at radius 3 is 2.67 bits per heavy atom. The second kappa shape index (κ2) is 5.51. The first-order chi connectivity index (χ1) is 8.67. The van der Waals surface area contributed by atoms with Crippen LogP contribution in [0.1, 0.15) is 12.5 Å². The molecule has 1 aromatic rings. The molecule has 0 amide bonds. The second-order valence-corrected chi connectivity index (χ2v) is 6.57. The summed E-state index contributed by atoms with van der Waals surface area (Å²) in [4.78, 5) is 0. The predicted molar refractivity (Wildman–Crippen MR) is 72.3 cm³/mol. The first kappa shape index (κ1) is 13.1. The first-order valence-corrected chi connectivity index (χ1v) is 7.69. The molecule has 0 atom stereocenters. The van der Waals surface area contributed by atoms with E-state index in [9.17, 15) is 8.78 Å². The summed E-state index contributed by atoms with van der Waals surface area (Å²) in [6.07, 6.45) is 5.53. The summed E-state index contributed by atoms with van der Waals surface area (Å²) in [5.74, 6) is -1.77. The fourth-order valence-electron chi connectivity index (χ4n) is 1.69. The number of halogens is 2. The minimum absolute atomic E-state index is 0.0331. The van der Waals surface area contributed by atoms with Gasteiger partial charge in [-0.2, -0.15) is 0 Å². The number of ether oxygens (including phenoxy) is 1. The number of hydrogen-bond donors (Lipinski definition) is 0. The van der Waals surface area contributed by atoms with Crippen molar-refractivity contribution in [2.45, 2.75) is 6.92 Å². The van der Waals surface area contributed by atoms with Crippen molar-refractivity contribution in [1.82, 2.24) is 0 Å². The van der Waals surface area contributed by atoms with Crippen molar-refractivity contribution in [2.75, 3.05) is 6.61 Å². The van der Waals surface area contributed by atoms with Gasteiger partial charge in [-0.25, -0.2) is 0 Å². The van der Waals surface area contributed by atoms with E-state index in [1.807, 2.05) is 12.2 Å². The van der Waals surface area contributed by atoms with Gasteiger partial charge < -0.3 is 0 Å². The van der Waals surface area contributed by atoms with E-state index in [0.29, 0.717) is 12.2 Å². The molecule has 4 heteroatoms. The molecule has 0 aromatic heterocycles. The van der Waals surface area contributed by atoms with E-state index in [4.69, 9.17) is 4.74 Å². The molecular weight excluding hydrogens is 301 g/mol. The van der Waals surface area contributed by atoms with Gasteiger partial charge >= 0.3 is 111 Å². The average molecular weight is 315 g/mol. The molecule has 2 rings (SSSR count). The fraction of sp³-hybridized carbons (Fsp3) is 0.143. The zero-order valence-corrected chi connectivity index (χ0v) is 12.1. The van der Waals surface area contributed by atoms with E-state index < -0.39 is 26.6 Å². The van der Waals surface area contributed by atoms with Crippen molar-refractivity contribution < 1.29 is 13.5 Å². The van der Waals surface area contributed by atoms with Crippen molar-refractivity contribution in [1.29, 1.82) is 0 Å². The molecular formula is C14H14F2OSe. The van der Waals surface area contributed by atoms with Crippen molar-refractivity contribution in [3.8, 4) is 5.75 Å². The van der Waals surface area contributed by atoms with Gasteiger partial charge in [0.1, 0.15) is 0 Å². The van der Waals surface area contributed by atoms with Crippen LogP contribution in [0.25, 0.3) is 4.47 Å².